The number of piperazine rings is 1. The lowest BCUT2D eigenvalue weighted by Crippen LogP contribution is -2.49. The van der Waals surface area contributed by atoms with Crippen LogP contribution in [0.4, 0.5) is 0 Å². The molecule has 0 aliphatic carbocycles. The minimum absolute atomic E-state index is 0. The van der Waals surface area contributed by atoms with E-state index in [-0.39, 0.29) is 23.2 Å². The smallest absolute Gasteiger partial charge is 0.253 e. The molecule has 6 nitrogen and oxygen atoms in total. The molecule has 25 heavy (non-hydrogen) atoms. The number of likely N-dealkylation sites (tertiary alicyclic amines) is 1. The van der Waals surface area contributed by atoms with Gasteiger partial charge >= 0.3 is 0 Å². The highest BCUT2D eigenvalue weighted by atomic mass is 35.5. The van der Waals surface area contributed by atoms with Crippen LogP contribution in [0.2, 0.25) is 0 Å². The van der Waals surface area contributed by atoms with E-state index in [9.17, 15) is 13.2 Å². The number of benzene rings is 1. The topological polar surface area (TPSA) is 69.7 Å². The van der Waals surface area contributed by atoms with E-state index < -0.39 is 9.84 Å². The Hall–Kier alpha value is -1.15. The van der Waals surface area contributed by atoms with Gasteiger partial charge in [0, 0.05) is 57.1 Å². The van der Waals surface area contributed by atoms with Gasteiger partial charge in [-0.2, -0.15) is 0 Å². The third kappa shape index (κ3) is 4.53. The number of amides is 1. The van der Waals surface area contributed by atoms with Gasteiger partial charge in [-0.25, -0.2) is 8.42 Å². The summed E-state index contributed by atoms with van der Waals surface area (Å²) in [6.07, 6.45) is 2.16. The summed E-state index contributed by atoms with van der Waals surface area (Å²) >= 11 is 0. The van der Waals surface area contributed by atoms with Crippen LogP contribution in [0.25, 0.3) is 0 Å². The molecule has 1 amide bonds. The van der Waals surface area contributed by atoms with Gasteiger partial charge in [0.05, 0.1) is 4.90 Å². The summed E-state index contributed by atoms with van der Waals surface area (Å²) in [4.78, 5) is 17.3. The first-order valence-electron chi connectivity index (χ1n) is 8.41. The first-order valence-corrected chi connectivity index (χ1v) is 10.3. The first-order chi connectivity index (χ1) is 11.4. The zero-order chi connectivity index (χ0) is 17.3. The largest absolute Gasteiger partial charge is 0.337 e. The van der Waals surface area contributed by atoms with Crippen LogP contribution in [-0.4, -0.2) is 75.7 Å². The maximum Gasteiger partial charge on any atom is 0.253 e. The second-order valence-corrected chi connectivity index (χ2v) is 8.72. The summed E-state index contributed by atoms with van der Waals surface area (Å²) in [5.41, 5.74) is 1.14. The number of carbonyl (C=O) groups is 1. The molecule has 3 rings (SSSR count). The summed E-state index contributed by atoms with van der Waals surface area (Å²) in [5, 5.41) is 3.34. The Morgan fingerprint density at radius 2 is 1.88 bits per heavy atom. The molecular formula is C17H26ClN3O3S. The van der Waals surface area contributed by atoms with E-state index in [1.807, 2.05) is 4.90 Å². The molecule has 0 spiro atoms. The number of sulfone groups is 1. The Balaban J connectivity index is 0.00000225. The molecule has 1 unspecified atom stereocenters. The van der Waals surface area contributed by atoms with Crippen molar-refractivity contribution in [3.63, 3.8) is 0 Å². The lowest BCUT2D eigenvalue weighted by molar-refractivity contribution is 0.0773. The number of aryl methyl sites for hydroxylation is 1. The van der Waals surface area contributed by atoms with E-state index in [0.29, 0.717) is 17.2 Å². The maximum absolute atomic E-state index is 12.8. The third-order valence-electron chi connectivity index (χ3n) is 4.95. The summed E-state index contributed by atoms with van der Waals surface area (Å²) in [7, 11) is -3.33. The quantitative estimate of drug-likeness (QED) is 0.835. The zero-order valence-corrected chi connectivity index (χ0v) is 16.3. The van der Waals surface area contributed by atoms with Crippen LogP contribution in [0, 0.1) is 6.92 Å². The Bertz CT molecular complexity index is 733. The van der Waals surface area contributed by atoms with Crippen LogP contribution in [0.5, 0.6) is 0 Å². The molecular weight excluding hydrogens is 362 g/mol. The Kier molecular flexibility index (Phi) is 6.48. The summed E-state index contributed by atoms with van der Waals surface area (Å²) in [6, 6.07) is 5.37. The normalized spacial score (nSPS) is 21.8. The zero-order valence-electron chi connectivity index (χ0n) is 14.7. The lowest BCUT2D eigenvalue weighted by atomic mass is 10.1. The molecule has 1 N–H and O–H groups in total. The minimum Gasteiger partial charge on any atom is -0.337 e. The standard InChI is InChI=1S/C17H25N3O3S.ClH/c1-13-3-4-14(11-16(13)24(2,22)23)17(21)20-8-5-15(12-20)19-9-6-18-7-10-19;/h3-4,11,15,18H,5-10,12H2,1-2H3;1H. The van der Waals surface area contributed by atoms with E-state index in [0.717, 1.165) is 45.7 Å². The second kappa shape index (κ2) is 8.03. The lowest BCUT2D eigenvalue weighted by Gasteiger charge is -2.32. The van der Waals surface area contributed by atoms with Gasteiger partial charge in [-0.15, -0.1) is 12.4 Å². The van der Waals surface area contributed by atoms with Crippen molar-refractivity contribution in [3.05, 3.63) is 29.3 Å². The van der Waals surface area contributed by atoms with Crippen molar-refractivity contribution in [2.24, 2.45) is 0 Å². The molecule has 0 bridgehead atoms. The van der Waals surface area contributed by atoms with Crippen molar-refractivity contribution in [2.45, 2.75) is 24.3 Å². The molecule has 1 aromatic rings. The summed E-state index contributed by atoms with van der Waals surface area (Å²) < 4.78 is 23.7. The van der Waals surface area contributed by atoms with Crippen LogP contribution >= 0.6 is 12.4 Å². The van der Waals surface area contributed by atoms with Crippen molar-refractivity contribution in [1.82, 2.24) is 15.1 Å². The van der Waals surface area contributed by atoms with Gasteiger partial charge in [-0.05, 0) is 31.0 Å². The fraction of sp³-hybridized carbons (Fsp3) is 0.588. The third-order valence-corrected chi connectivity index (χ3v) is 6.19. The highest BCUT2D eigenvalue weighted by Gasteiger charge is 2.31. The van der Waals surface area contributed by atoms with Gasteiger partial charge in [0.25, 0.3) is 5.91 Å². The van der Waals surface area contributed by atoms with E-state index in [1.54, 1.807) is 19.1 Å². The van der Waals surface area contributed by atoms with Gasteiger partial charge in [0.2, 0.25) is 0 Å². The predicted octanol–water partition coefficient (Wildman–Crippen LogP) is 0.940. The van der Waals surface area contributed by atoms with Crippen molar-refractivity contribution in [3.8, 4) is 0 Å². The average molecular weight is 388 g/mol. The number of carbonyl (C=O) groups excluding carboxylic acids is 1. The molecule has 2 heterocycles. The number of hydrogen-bond acceptors (Lipinski definition) is 5. The van der Waals surface area contributed by atoms with Crippen LogP contribution < -0.4 is 5.32 Å². The number of hydrogen-bond donors (Lipinski definition) is 1. The summed E-state index contributed by atoms with van der Waals surface area (Å²) in [6.45, 7) is 7.25. The molecule has 2 saturated heterocycles. The number of halogens is 1. The highest BCUT2D eigenvalue weighted by Crippen LogP contribution is 2.22. The molecule has 0 saturated carbocycles. The first kappa shape index (κ1) is 20.2. The fourth-order valence-electron chi connectivity index (χ4n) is 3.59. The monoisotopic (exact) mass is 387 g/mol. The van der Waals surface area contributed by atoms with Crippen molar-refractivity contribution in [2.75, 3.05) is 45.5 Å². The molecule has 0 aromatic heterocycles. The van der Waals surface area contributed by atoms with Gasteiger partial charge in [0.1, 0.15) is 0 Å². The maximum atomic E-state index is 12.8. The van der Waals surface area contributed by atoms with Crippen LogP contribution in [-0.2, 0) is 9.84 Å². The van der Waals surface area contributed by atoms with E-state index in [1.165, 1.54) is 12.3 Å². The molecule has 140 valence electrons. The predicted molar refractivity (Wildman–Crippen MR) is 100 cm³/mol. The van der Waals surface area contributed by atoms with E-state index in [4.69, 9.17) is 0 Å². The number of nitrogens with one attached hydrogen (secondary N) is 1. The Labute approximate surface area is 155 Å². The molecule has 1 aromatic carbocycles. The minimum atomic E-state index is -3.33. The van der Waals surface area contributed by atoms with Gasteiger partial charge in [-0.3, -0.25) is 9.69 Å². The van der Waals surface area contributed by atoms with Crippen LogP contribution in [0.1, 0.15) is 22.3 Å². The fourth-order valence-corrected chi connectivity index (χ4v) is 4.58. The van der Waals surface area contributed by atoms with Crippen LogP contribution in [0.3, 0.4) is 0 Å². The Morgan fingerprint density at radius 3 is 2.52 bits per heavy atom. The second-order valence-electron chi connectivity index (χ2n) is 6.73. The highest BCUT2D eigenvalue weighted by molar-refractivity contribution is 7.90. The summed E-state index contributed by atoms with van der Waals surface area (Å²) in [5.74, 6) is -0.0717. The van der Waals surface area contributed by atoms with Crippen molar-refractivity contribution < 1.29 is 13.2 Å². The van der Waals surface area contributed by atoms with Crippen molar-refractivity contribution in [1.29, 1.82) is 0 Å². The molecule has 2 aliphatic heterocycles. The Morgan fingerprint density at radius 1 is 1.20 bits per heavy atom. The molecule has 2 fully saturated rings. The number of rotatable bonds is 3. The van der Waals surface area contributed by atoms with Gasteiger partial charge in [0.15, 0.2) is 9.84 Å². The molecule has 2 aliphatic rings. The van der Waals surface area contributed by atoms with E-state index in [2.05, 4.69) is 10.2 Å². The SMILES string of the molecule is Cc1ccc(C(=O)N2CCC(N3CCNCC3)C2)cc1S(C)(=O)=O.Cl. The molecule has 0 radical (unpaired) electrons. The average Bonchev–Trinajstić information content (AvgIpc) is 3.04. The molecule has 1 atom stereocenters. The number of nitrogens with zero attached hydrogens (tertiary/aromatic N) is 2. The van der Waals surface area contributed by atoms with Crippen LogP contribution in [0.15, 0.2) is 23.1 Å². The van der Waals surface area contributed by atoms with E-state index >= 15 is 0 Å². The van der Waals surface area contributed by atoms with Crippen molar-refractivity contribution >= 4 is 28.2 Å². The van der Waals surface area contributed by atoms with Gasteiger partial charge < -0.3 is 10.2 Å². The van der Waals surface area contributed by atoms with Gasteiger partial charge in [-0.1, -0.05) is 6.07 Å². The molecule has 8 heteroatoms.